The first kappa shape index (κ1) is 15.8. The maximum Gasteiger partial charge on any atom is 0.229 e. The highest BCUT2D eigenvalue weighted by atomic mass is 35.5. The molecule has 2 heterocycles. The fraction of sp³-hybridized carbons (Fsp3) is 0.176. The summed E-state index contributed by atoms with van der Waals surface area (Å²) >= 11 is 7.76. The molecule has 4 nitrogen and oxygen atoms in total. The number of aromatic nitrogens is 2. The van der Waals surface area contributed by atoms with Crippen molar-refractivity contribution in [1.82, 2.24) is 9.78 Å². The number of benzene rings is 1. The van der Waals surface area contributed by atoms with E-state index in [0.717, 1.165) is 27.6 Å². The van der Waals surface area contributed by atoms with Gasteiger partial charge in [0.2, 0.25) is 5.91 Å². The second kappa shape index (κ2) is 6.56. The van der Waals surface area contributed by atoms with Crippen LogP contribution in [-0.2, 0) is 11.2 Å². The Balaban J connectivity index is 1.72. The maximum absolute atomic E-state index is 12.0. The molecule has 118 valence electrons. The van der Waals surface area contributed by atoms with Crippen LogP contribution in [0.4, 0.5) is 5.69 Å². The number of thiophene rings is 1. The minimum atomic E-state index is -0.0191. The zero-order chi connectivity index (χ0) is 16.4. The zero-order valence-corrected chi connectivity index (χ0v) is 14.4. The molecule has 0 aliphatic carbocycles. The van der Waals surface area contributed by atoms with Crippen molar-refractivity contribution in [1.29, 1.82) is 0 Å². The summed E-state index contributed by atoms with van der Waals surface area (Å²) in [6.07, 6.45) is 0.395. The van der Waals surface area contributed by atoms with Crippen LogP contribution in [0.3, 0.4) is 0 Å². The van der Waals surface area contributed by atoms with Crippen molar-refractivity contribution < 1.29 is 4.79 Å². The van der Waals surface area contributed by atoms with Crippen molar-refractivity contribution >= 4 is 34.5 Å². The van der Waals surface area contributed by atoms with E-state index in [2.05, 4.69) is 10.4 Å². The Kier molecular flexibility index (Phi) is 4.50. The van der Waals surface area contributed by atoms with Gasteiger partial charge in [-0.05, 0) is 49.6 Å². The molecule has 0 aliphatic heterocycles. The third kappa shape index (κ3) is 3.46. The number of rotatable bonds is 4. The molecule has 0 aliphatic rings. The monoisotopic (exact) mass is 345 g/mol. The number of aryl methyl sites for hydroxylation is 1. The predicted octanol–water partition coefficient (Wildman–Crippen LogP) is 4.39. The van der Waals surface area contributed by atoms with E-state index in [9.17, 15) is 4.79 Å². The van der Waals surface area contributed by atoms with Crippen molar-refractivity contribution in [2.75, 3.05) is 5.32 Å². The molecule has 2 aromatic heterocycles. The Morgan fingerprint density at radius 2 is 2.00 bits per heavy atom. The molecule has 23 heavy (non-hydrogen) atoms. The summed E-state index contributed by atoms with van der Waals surface area (Å²) in [5, 5.41) is 9.97. The van der Waals surface area contributed by atoms with Crippen molar-refractivity contribution in [2.24, 2.45) is 0 Å². The molecule has 1 N–H and O–H groups in total. The molecule has 0 atom stereocenters. The van der Waals surface area contributed by atoms with E-state index in [1.165, 1.54) is 0 Å². The summed E-state index contributed by atoms with van der Waals surface area (Å²) in [4.78, 5) is 13.0. The van der Waals surface area contributed by atoms with Crippen LogP contribution >= 0.6 is 22.9 Å². The highest BCUT2D eigenvalue weighted by Crippen LogP contribution is 2.23. The van der Waals surface area contributed by atoms with E-state index in [1.807, 2.05) is 55.6 Å². The smallest absolute Gasteiger partial charge is 0.229 e. The van der Waals surface area contributed by atoms with Gasteiger partial charge in [-0.2, -0.15) is 5.10 Å². The summed E-state index contributed by atoms with van der Waals surface area (Å²) in [5.41, 5.74) is 3.38. The minimum absolute atomic E-state index is 0.0191. The Labute approximate surface area is 143 Å². The van der Waals surface area contributed by atoms with Crippen LogP contribution in [0.25, 0.3) is 5.69 Å². The molecule has 0 fully saturated rings. The summed E-state index contributed by atoms with van der Waals surface area (Å²) < 4.78 is 1.80. The molecule has 3 rings (SSSR count). The van der Waals surface area contributed by atoms with Gasteiger partial charge < -0.3 is 5.32 Å². The minimum Gasteiger partial charge on any atom is -0.326 e. The van der Waals surface area contributed by atoms with Gasteiger partial charge in [0.25, 0.3) is 0 Å². The molecule has 6 heteroatoms. The highest BCUT2D eigenvalue weighted by Gasteiger charge is 2.11. The number of halogens is 1. The van der Waals surface area contributed by atoms with Gasteiger partial charge in [0.1, 0.15) is 0 Å². The highest BCUT2D eigenvalue weighted by molar-refractivity contribution is 7.10. The first-order valence-electron chi connectivity index (χ1n) is 7.19. The van der Waals surface area contributed by atoms with Crippen LogP contribution in [0.1, 0.15) is 16.3 Å². The van der Waals surface area contributed by atoms with E-state index in [-0.39, 0.29) is 5.91 Å². The number of nitrogens with one attached hydrogen (secondary N) is 1. The van der Waals surface area contributed by atoms with Crippen molar-refractivity contribution in [3.05, 3.63) is 63.1 Å². The predicted molar refractivity (Wildman–Crippen MR) is 94.7 cm³/mol. The maximum atomic E-state index is 12.0. The second-order valence-corrected chi connectivity index (χ2v) is 6.66. The second-order valence-electron chi connectivity index (χ2n) is 5.25. The summed E-state index contributed by atoms with van der Waals surface area (Å²) in [6, 6.07) is 11.5. The van der Waals surface area contributed by atoms with E-state index in [1.54, 1.807) is 16.0 Å². The lowest BCUT2D eigenvalue weighted by atomic mass is 10.2. The lowest BCUT2D eigenvalue weighted by Gasteiger charge is -2.07. The first-order valence-corrected chi connectivity index (χ1v) is 8.45. The van der Waals surface area contributed by atoms with Gasteiger partial charge in [0.15, 0.2) is 0 Å². The lowest BCUT2D eigenvalue weighted by Crippen LogP contribution is -2.13. The number of amides is 1. The molecular weight excluding hydrogens is 330 g/mol. The van der Waals surface area contributed by atoms with Crippen molar-refractivity contribution in [2.45, 2.75) is 20.3 Å². The van der Waals surface area contributed by atoms with E-state index >= 15 is 0 Å². The van der Waals surface area contributed by atoms with Gasteiger partial charge in [-0.15, -0.1) is 11.3 Å². The molecule has 0 unspecified atom stereocenters. The molecule has 1 amide bonds. The van der Waals surface area contributed by atoms with Gasteiger partial charge in [-0.1, -0.05) is 17.7 Å². The summed E-state index contributed by atoms with van der Waals surface area (Å²) in [6.45, 7) is 3.81. The third-order valence-electron chi connectivity index (χ3n) is 3.51. The third-order valence-corrected chi connectivity index (χ3v) is 4.94. The molecule has 0 spiro atoms. The number of nitrogens with zero attached hydrogens (tertiary/aromatic N) is 2. The average Bonchev–Trinajstić information content (AvgIpc) is 3.12. The van der Waals surface area contributed by atoms with Gasteiger partial charge in [0, 0.05) is 10.6 Å². The van der Waals surface area contributed by atoms with Crippen molar-refractivity contribution in [3.8, 4) is 5.69 Å². The summed E-state index contributed by atoms with van der Waals surface area (Å²) in [5.74, 6) is -0.0191. The fourth-order valence-electron chi connectivity index (χ4n) is 2.34. The number of anilines is 1. The molecule has 1 aromatic carbocycles. The largest absolute Gasteiger partial charge is 0.326 e. The quantitative estimate of drug-likeness (QED) is 0.762. The number of hydrogen-bond acceptors (Lipinski definition) is 3. The molecular formula is C17H16ClN3OS. The number of carbonyl (C=O) groups is 1. The molecule has 0 saturated carbocycles. The Bertz CT molecular complexity index is 822. The van der Waals surface area contributed by atoms with Crippen LogP contribution in [0.2, 0.25) is 5.02 Å². The number of hydrogen-bond donors (Lipinski definition) is 1. The van der Waals surface area contributed by atoms with Gasteiger partial charge >= 0.3 is 0 Å². The van der Waals surface area contributed by atoms with Crippen LogP contribution in [0.5, 0.6) is 0 Å². The normalized spacial score (nSPS) is 10.7. The average molecular weight is 346 g/mol. The fourth-order valence-corrected chi connectivity index (χ4v) is 3.16. The topological polar surface area (TPSA) is 46.9 Å². The van der Waals surface area contributed by atoms with Gasteiger partial charge in [-0.3, -0.25) is 4.79 Å². The van der Waals surface area contributed by atoms with Gasteiger partial charge in [0.05, 0.1) is 28.5 Å². The SMILES string of the molecule is Cc1nn(-c2ccc(NC(=O)Cc3cccs3)cc2)c(C)c1Cl. The Hall–Kier alpha value is -2.11. The summed E-state index contributed by atoms with van der Waals surface area (Å²) in [7, 11) is 0. The lowest BCUT2D eigenvalue weighted by molar-refractivity contribution is -0.115. The van der Waals surface area contributed by atoms with Crippen LogP contribution in [0, 0.1) is 13.8 Å². The van der Waals surface area contributed by atoms with Gasteiger partial charge in [-0.25, -0.2) is 4.68 Å². The molecule has 0 bridgehead atoms. The Morgan fingerprint density at radius 1 is 1.26 bits per heavy atom. The van der Waals surface area contributed by atoms with E-state index in [0.29, 0.717) is 11.4 Å². The molecule has 0 saturated heterocycles. The Morgan fingerprint density at radius 3 is 2.57 bits per heavy atom. The standard InChI is InChI=1S/C17H16ClN3OS/c1-11-17(18)12(2)21(20-11)14-7-5-13(6-8-14)19-16(22)10-15-4-3-9-23-15/h3-9H,10H2,1-2H3,(H,19,22). The van der Waals surface area contributed by atoms with Crippen LogP contribution in [0.15, 0.2) is 41.8 Å². The number of carbonyl (C=O) groups excluding carboxylic acids is 1. The van der Waals surface area contributed by atoms with Crippen molar-refractivity contribution in [3.63, 3.8) is 0 Å². The van der Waals surface area contributed by atoms with E-state index < -0.39 is 0 Å². The zero-order valence-electron chi connectivity index (χ0n) is 12.8. The van der Waals surface area contributed by atoms with E-state index in [4.69, 9.17) is 11.6 Å². The molecule has 0 radical (unpaired) electrons. The molecule has 3 aromatic rings. The first-order chi connectivity index (χ1) is 11.0. The van der Waals surface area contributed by atoms with Crippen LogP contribution < -0.4 is 5.32 Å². The van der Waals surface area contributed by atoms with Crippen LogP contribution in [-0.4, -0.2) is 15.7 Å².